The van der Waals surface area contributed by atoms with Crippen LogP contribution >= 0.6 is 0 Å². The zero-order valence-electron chi connectivity index (χ0n) is 11.2. The molecule has 2 aliphatic heterocycles. The first-order chi connectivity index (χ1) is 8.56. The van der Waals surface area contributed by atoms with Crippen molar-refractivity contribution < 1.29 is 9.47 Å². The van der Waals surface area contributed by atoms with E-state index in [0.29, 0.717) is 12.2 Å². The first-order valence-corrected chi connectivity index (χ1v) is 7.06. The monoisotopic (exact) mass is 255 g/mol. The number of epoxide rings is 2. The molecule has 5 heteroatoms. The van der Waals surface area contributed by atoms with Crippen LogP contribution in [0, 0.1) is 5.41 Å². The second-order valence-corrected chi connectivity index (χ2v) is 6.34. The SMILES string of the molecule is CN(N)C1(N)CCCCC1(CC1CO1)CC1CO1. The van der Waals surface area contributed by atoms with Gasteiger partial charge in [0.05, 0.1) is 31.1 Å². The number of nitrogens with zero attached hydrogens (tertiary/aromatic N) is 1. The number of rotatable bonds is 5. The second kappa shape index (κ2) is 4.42. The van der Waals surface area contributed by atoms with Crippen LogP contribution in [0.25, 0.3) is 0 Å². The number of hydrazine groups is 1. The van der Waals surface area contributed by atoms with Crippen molar-refractivity contribution >= 4 is 0 Å². The lowest BCUT2D eigenvalue weighted by Gasteiger charge is -2.54. The van der Waals surface area contributed by atoms with Crippen LogP contribution in [0.5, 0.6) is 0 Å². The summed E-state index contributed by atoms with van der Waals surface area (Å²) in [5, 5.41) is 1.75. The summed E-state index contributed by atoms with van der Waals surface area (Å²) in [6.07, 6.45) is 7.37. The zero-order valence-corrected chi connectivity index (χ0v) is 11.2. The summed E-state index contributed by atoms with van der Waals surface area (Å²) in [6.45, 7) is 1.77. The van der Waals surface area contributed by atoms with E-state index in [9.17, 15) is 0 Å². The molecule has 0 aromatic rings. The van der Waals surface area contributed by atoms with Gasteiger partial charge in [-0.15, -0.1) is 0 Å². The fourth-order valence-corrected chi connectivity index (χ4v) is 3.77. The zero-order chi connectivity index (χ0) is 12.8. The molecule has 2 saturated heterocycles. The van der Waals surface area contributed by atoms with E-state index in [4.69, 9.17) is 21.1 Å². The molecule has 104 valence electrons. The molecule has 0 aromatic carbocycles. The van der Waals surface area contributed by atoms with Gasteiger partial charge in [0.25, 0.3) is 0 Å². The van der Waals surface area contributed by atoms with E-state index < -0.39 is 5.66 Å². The van der Waals surface area contributed by atoms with Crippen LogP contribution in [0.4, 0.5) is 0 Å². The summed E-state index contributed by atoms with van der Waals surface area (Å²) < 4.78 is 10.9. The van der Waals surface area contributed by atoms with Crippen molar-refractivity contribution in [2.24, 2.45) is 17.0 Å². The molecule has 1 saturated carbocycles. The molecule has 0 amide bonds. The Morgan fingerprint density at radius 2 is 1.61 bits per heavy atom. The lowest BCUT2D eigenvalue weighted by Crippen LogP contribution is -2.69. The van der Waals surface area contributed by atoms with E-state index in [1.54, 1.807) is 5.01 Å². The van der Waals surface area contributed by atoms with E-state index in [2.05, 4.69) is 0 Å². The predicted molar refractivity (Wildman–Crippen MR) is 68.5 cm³/mol. The molecule has 0 bridgehead atoms. The summed E-state index contributed by atoms with van der Waals surface area (Å²) in [4.78, 5) is 0. The van der Waals surface area contributed by atoms with E-state index in [1.165, 1.54) is 6.42 Å². The predicted octanol–water partition coefficient (Wildman–Crippen LogP) is 0.585. The highest BCUT2D eigenvalue weighted by atomic mass is 16.6. The Labute approximate surface area is 109 Å². The minimum atomic E-state index is -0.414. The van der Waals surface area contributed by atoms with Gasteiger partial charge in [-0.1, -0.05) is 12.8 Å². The van der Waals surface area contributed by atoms with Crippen molar-refractivity contribution in [2.75, 3.05) is 20.3 Å². The van der Waals surface area contributed by atoms with Gasteiger partial charge < -0.3 is 15.2 Å². The van der Waals surface area contributed by atoms with Gasteiger partial charge in [0.2, 0.25) is 0 Å². The molecule has 3 fully saturated rings. The maximum atomic E-state index is 6.72. The van der Waals surface area contributed by atoms with Gasteiger partial charge in [-0.25, -0.2) is 5.01 Å². The molecule has 3 aliphatic rings. The molecule has 1 aliphatic carbocycles. The molecule has 3 unspecified atom stereocenters. The third-order valence-electron chi connectivity index (χ3n) is 5.05. The van der Waals surface area contributed by atoms with Gasteiger partial charge in [-0.05, 0) is 25.7 Å². The summed E-state index contributed by atoms with van der Waals surface area (Å²) in [6, 6.07) is 0. The van der Waals surface area contributed by atoms with Gasteiger partial charge in [0, 0.05) is 12.5 Å². The number of hydrogen-bond donors (Lipinski definition) is 2. The van der Waals surface area contributed by atoms with Gasteiger partial charge in [-0.3, -0.25) is 5.84 Å². The van der Waals surface area contributed by atoms with Crippen molar-refractivity contribution in [1.29, 1.82) is 0 Å². The van der Waals surface area contributed by atoms with Crippen molar-refractivity contribution in [3.8, 4) is 0 Å². The highest BCUT2D eigenvalue weighted by Gasteiger charge is 2.56. The lowest BCUT2D eigenvalue weighted by molar-refractivity contribution is -0.0727. The van der Waals surface area contributed by atoms with Crippen LogP contribution in [0.1, 0.15) is 38.5 Å². The van der Waals surface area contributed by atoms with Crippen molar-refractivity contribution in [3.05, 3.63) is 0 Å². The van der Waals surface area contributed by atoms with Crippen LogP contribution < -0.4 is 11.6 Å². The minimum Gasteiger partial charge on any atom is -0.373 e. The smallest absolute Gasteiger partial charge is 0.0873 e. The lowest BCUT2D eigenvalue weighted by atomic mass is 9.61. The molecule has 4 N–H and O–H groups in total. The first kappa shape index (κ1) is 12.8. The molecule has 3 atom stereocenters. The third-order valence-corrected chi connectivity index (χ3v) is 5.05. The van der Waals surface area contributed by atoms with Crippen molar-refractivity contribution in [1.82, 2.24) is 5.01 Å². The molecular formula is C13H25N3O2. The topological polar surface area (TPSA) is 80.3 Å². The van der Waals surface area contributed by atoms with Crippen molar-refractivity contribution in [3.63, 3.8) is 0 Å². The standard InChI is InChI=1S/C13H25N3O2/c1-16(15)13(14)5-3-2-4-12(13,6-10-8-17-10)7-11-9-18-11/h10-11H,2-9,14-15H2,1H3. The van der Waals surface area contributed by atoms with Crippen LogP contribution in [0.2, 0.25) is 0 Å². The normalized spacial score (nSPS) is 47.3. The number of hydrogen-bond acceptors (Lipinski definition) is 5. The Balaban J connectivity index is 1.85. The van der Waals surface area contributed by atoms with Gasteiger partial charge in [-0.2, -0.15) is 0 Å². The minimum absolute atomic E-state index is 0.0527. The number of ether oxygens (including phenoxy) is 2. The van der Waals surface area contributed by atoms with Crippen LogP contribution in [0.15, 0.2) is 0 Å². The molecule has 18 heavy (non-hydrogen) atoms. The summed E-state index contributed by atoms with van der Waals surface area (Å²) in [5.74, 6) is 6.10. The maximum Gasteiger partial charge on any atom is 0.0873 e. The Morgan fingerprint density at radius 1 is 1.11 bits per heavy atom. The Kier molecular flexibility index (Phi) is 3.15. The van der Waals surface area contributed by atoms with Gasteiger partial charge in [0.1, 0.15) is 0 Å². The summed E-state index contributed by atoms with van der Waals surface area (Å²) in [7, 11) is 1.90. The Hall–Kier alpha value is -0.200. The highest BCUT2D eigenvalue weighted by Crippen LogP contribution is 2.52. The van der Waals surface area contributed by atoms with Gasteiger partial charge >= 0.3 is 0 Å². The molecule has 0 spiro atoms. The molecule has 2 heterocycles. The average molecular weight is 255 g/mol. The van der Waals surface area contributed by atoms with E-state index in [-0.39, 0.29) is 5.41 Å². The second-order valence-electron chi connectivity index (χ2n) is 6.34. The first-order valence-electron chi connectivity index (χ1n) is 7.06. The Morgan fingerprint density at radius 3 is 2.06 bits per heavy atom. The molecule has 5 nitrogen and oxygen atoms in total. The largest absolute Gasteiger partial charge is 0.373 e. The quantitative estimate of drug-likeness (QED) is 0.325. The Bertz CT molecular complexity index is 301. The average Bonchev–Trinajstić information content (AvgIpc) is 3.19. The summed E-state index contributed by atoms with van der Waals surface area (Å²) >= 11 is 0. The molecular weight excluding hydrogens is 230 g/mol. The fourth-order valence-electron chi connectivity index (χ4n) is 3.77. The third kappa shape index (κ3) is 2.18. The van der Waals surface area contributed by atoms with E-state index in [1.807, 2.05) is 7.05 Å². The summed E-state index contributed by atoms with van der Waals surface area (Å²) in [5.41, 5.74) is 6.36. The maximum absolute atomic E-state index is 6.72. The number of nitrogens with two attached hydrogens (primary N) is 2. The highest BCUT2D eigenvalue weighted by molar-refractivity contribution is 5.06. The van der Waals surface area contributed by atoms with Crippen LogP contribution in [0.3, 0.4) is 0 Å². The van der Waals surface area contributed by atoms with Gasteiger partial charge in [0.15, 0.2) is 0 Å². The molecule has 0 aromatic heterocycles. The van der Waals surface area contributed by atoms with Crippen LogP contribution in [-0.4, -0.2) is 43.1 Å². The van der Waals surface area contributed by atoms with Crippen molar-refractivity contribution in [2.45, 2.75) is 56.4 Å². The van der Waals surface area contributed by atoms with E-state index in [0.717, 1.165) is 45.3 Å². The molecule has 0 radical (unpaired) electrons. The molecule has 3 rings (SSSR count). The van der Waals surface area contributed by atoms with Crippen LogP contribution in [-0.2, 0) is 9.47 Å². The van der Waals surface area contributed by atoms with E-state index >= 15 is 0 Å². The fraction of sp³-hybridized carbons (Fsp3) is 1.00.